The van der Waals surface area contributed by atoms with Gasteiger partial charge >= 0.3 is 0 Å². The summed E-state index contributed by atoms with van der Waals surface area (Å²) in [6, 6.07) is 2.21. The second kappa shape index (κ2) is 4.76. The average Bonchev–Trinajstić information content (AvgIpc) is 2.67. The minimum absolute atomic E-state index is 0.211. The van der Waals surface area contributed by atoms with Crippen LogP contribution in [0.2, 0.25) is 0 Å². The van der Waals surface area contributed by atoms with Gasteiger partial charge in [-0.25, -0.2) is 4.68 Å². The van der Waals surface area contributed by atoms with Crippen LogP contribution in [-0.2, 0) is 5.54 Å². The van der Waals surface area contributed by atoms with Crippen molar-refractivity contribution in [3.05, 3.63) is 5.56 Å². The van der Waals surface area contributed by atoms with E-state index in [0.717, 1.165) is 37.7 Å². The van der Waals surface area contributed by atoms with E-state index in [2.05, 4.69) is 23.0 Å². The number of anilines is 2. The molecule has 0 aromatic carbocycles. The molecule has 0 saturated carbocycles. The van der Waals surface area contributed by atoms with Gasteiger partial charge in [-0.05, 0) is 39.5 Å². The minimum Gasteiger partial charge on any atom is -0.383 e. The molecule has 0 spiro atoms. The first-order valence-electron chi connectivity index (χ1n) is 6.88. The second-order valence-corrected chi connectivity index (χ2v) is 6.45. The molecular weight excluding hydrogens is 238 g/mol. The Morgan fingerprint density at radius 2 is 1.89 bits per heavy atom. The van der Waals surface area contributed by atoms with Crippen LogP contribution in [0.3, 0.4) is 0 Å². The normalized spacial score (nSPS) is 17.5. The topological polar surface area (TPSA) is 70.9 Å². The maximum Gasteiger partial charge on any atom is 0.170 e. The number of aromatic nitrogens is 2. The maximum absolute atomic E-state index is 9.35. The van der Waals surface area contributed by atoms with Crippen molar-refractivity contribution in [1.82, 2.24) is 9.78 Å². The van der Waals surface area contributed by atoms with Gasteiger partial charge in [0.25, 0.3) is 0 Å². The van der Waals surface area contributed by atoms with Crippen LogP contribution in [0.4, 0.5) is 11.6 Å². The fraction of sp³-hybridized carbons (Fsp3) is 0.714. The Labute approximate surface area is 115 Å². The number of nitriles is 1. The van der Waals surface area contributed by atoms with Gasteiger partial charge in [-0.3, -0.25) is 0 Å². The summed E-state index contributed by atoms with van der Waals surface area (Å²) in [4.78, 5) is 2.19. The monoisotopic (exact) mass is 261 g/mol. The molecule has 19 heavy (non-hydrogen) atoms. The molecule has 1 fully saturated rings. The van der Waals surface area contributed by atoms with Crippen molar-refractivity contribution >= 4 is 11.6 Å². The predicted molar refractivity (Wildman–Crippen MR) is 77.0 cm³/mol. The lowest BCUT2D eigenvalue weighted by atomic mass is 9.99. The molecular formula is C14H23N5. The van der Waals surface area contributed by atoms with Gasteiger partial charge in [0.15, 0.2) is 5.82 Å². The SMILES string of the molecule is CC1CCN(c2nn(C(C)(C)C)c(N)c2C#N)CC1. The fourth-order valence-corrected chi connectivity index (χ4v) is 2.48. The summed E-state index contributed by atoms with van der Waals surface area (Å²) < 4.78 is 1.76. The van der Waals surface area contributed by atoms with Gasteiger partial charge in [-0.15, -0.1) is 0 Å². The number of hydrogen-bond acceptors (Lipinski definition) is 4. The van der Waals surface area contributed by atoms with Crippen LogP contribution < -0.4 is 10.6 Å². The van der Waals surface area contributed by atoms with E-state index < -0.39 is 0 Å². The standard InChI is InChI=1S/C14H23N5/c1-10-5-7-18(8-6-10)13-11(9-15)12(16)19(17-13)14(2,3)4/h10H,5-8,16H2,1-4H3. The molecule has 2 N–H and O–H groups in total. The van der Waals surface area contributed by atoms with E-state index in [-0.39, 0.29) is 5.54 Å². The third-order valence-corrected chi connectivity index (χ3v) is 3.73. The molecule has 1 aliphatic rings. The number of rotatable bonds is 1. The highest BCUT2D eigenvalue weighted by Gasteiger charge is 2.27. The first kappa shape index (κ1) is 13.7. The number of nitrogen functional groups attached to an aromatic ring is 1. The Hall–Kier alpha value is -1.70. The van der Waals surface area contributed by atoms with Crippen LogP contribution in [-0.4, -0.2) is 22.9 Å². The zero-order chi connectivity index (χ0) is 14.2. The Kier molecular flexibility index (Phi) is 3.44. The van der Waals surface area contributed by atoms with E-state index in [1.54, 1.807) is 4.68 Å². The number of piperidine rings is 1. The summed E-state index contributed by atoms with van der Waals surface area (Å²) in [7, 11) is 0. The van der Waals surface area contributed by atoms with Crippen molar-refractivity contribution in [2.75, 3.05) is 23.7 Å². The van der Waals surface area contributed by atoms with Crippen LogP contribution in [0, 0.1) is 17.2 Å². The lowest BCUT2D eigenvalue weighted by Gasteiger charge is -2.30. The molecule has 0 amide bonds. The Morgan fingerprint density at radius 3 is 2.37 bits per heavy atom. The predicted octanol–water partition coefficient (Wildman–Crippen LogP) is 2.33. The van der Waals surface area contributed by atoms with Crippen molar-refractivity contribution in [1.29, 1.82) is 5.26 Å². The lowest BCUT2D eigenvalue weighted by molar-refractivity contribution is 0.359. The van der Waals surface area contributed by atoms with Crippen LogP contribution in [0.25, 0.3) is 0 Å². The highest BCUT2D eigenvalue weighted by molar-refractivity contribution is 5.65. The summed E-state index contributed by atoms with van der Waals surface area (Å²) in [5.74, 6) is 1.98. The van der Waals surface area contributed by atoms with Gasteiger partial charge in [0.05, 0.1) is 5.54 Å². The van der Waals surface area contributed by atoms with Gasteiger partial charge in [-0.1, -0.05) is 6.92 Å². The molecule has 5 heteroatoms. The quantitative estimate of drug-likeness (QED) is 0.842. The van der Waals surface area contributed by atoms with Crippen molar-refractivity contribution in [3.8, 4) is 6.07 Å². The van der Waals surface area contributed by atoms with Crippen molar-refractivity contribution in [3.63, 3.8) is 0 Å². The number of nitrogens with two attached hydrogens (primary N) is 1. The average molecular weight is 261 g/mol. The molecule has 0 bridgehead atoms. The van der Waals surface area contributed by atoms with Gasteiger partial charge < -0.3 is 10.6 Å². The van der Waals surface area contributed by atoms with E-state index in [0.29, 0.717) is 11.4 Å². The third kappa shape index (κ3) is 2.53. The molecule has 0 unspecified atom stereocenters. The molecule has 1 saturated heterocycles. The smallest absolute Gasteiger partial charge is 0.170 e. The molecule has 1 aliphatic heterocycles. The largest absolute Gasteiger partial charge is 0.383 e. The Morgan fingerprint density at radius 1 is 1.32 bits per heavy atom. The Bertz CT molecular complexity index is 495. The summed E-state index contributed by atoms with van der Waals surface area (Å²) >= 11 is 0. The van der Waals surface area contributed by atoms with Gasteiger partial charge in [0.2, 0.25) is 0 Å². The van der Waals surface area contributed by atoms with Gasteiger partial charge in [0, 0.05) is 13.1 Å². The molecule has 0 radical (unpaired) electrons. The number of nitrogens with zero attached hydrogens (tertiary/aromatic N) is 4. The van der Waals surface area contributed by atoms with Gasteiger partial charge in [-0.2, -0.15) is 10.4 Å². The molecule has 1 aromatic rings. The van der Waals surface area contributed by atoms with E-state index in [1.165, 1.54) is 0 Å². The van der Waals surface area contributed by atoms with Crippen LogP contribution in [0.5, 0.6) is 0 Å². The van der Waals surface area contributed by atoms with Crippen LogP contribution >= 0.6 is 0 Å². The van der Waals surface area contributed by atoms with E-state index in [9.17, 15) is 5.26 Å². The molecule has 0 aliphatic carbocycles. The third-order valence-electron chi connectivity index (χ3n) is 3.73. The Balaban J connectivity index is 2.38. The first-order chi connectivity index (χ1) is 8.84. The summed E-state index contributed by atoms with van der Waals surface area (Å²) in [6.45, 7) is 10.3. The summed E-state index contributed by atoms with van der Waals surface area (Å²) in [6.07, 6.45) is 2.29. The van der Waals surface area contributed by atoms with Gasteiger partial charge in [0.1, 0.15) is 17.5 Å². The molecule has 5 nitrogen and oxygen atoms in total. The first-order valence-corrected chi connectivity index (χ1v) is 6.88. The summed E-state index contributed by atoms with van der Waals surface area (Å²) in [5, 5.41) is 13.9. The lowest BCUT2D eigenvalue weighted by Crippen LogP contribution is -2.34. The minimum atomic E-state index is -0.211. The van der Waals surface area contributed by atoms with Crippen LogP contribution in [0.15, 0.2) is 0 Å². The van der Waals surface area contributed by atoms with Crippen molar-refractivity contribution < 1.29 is 0 Å². The highest BCUT2D eigenvalue weighted by Crippen LogP contribution is 2.31. The second-order valence-electron chi connectivity index (χ2n) is 6.45. The maximum atomic E-state index is 9.35. The zero-order valence-electron chi connectivity index (χ0n) is 12.3. The molecule has 1 aromatic heterocycles. The zero-order valence-corrected chi connectivity index (χ0v) is 12.3. The molecule has 104 valence electrons. The van der Waals surface area contributed by atoms with Crippen molar-refractivity contribution in [2.24, 2.45) is 5.92 Å². The van der Waals surface area contributed by atoms with Crippen molar-refractivity contribution in [2.45, 2.75) is 46.1 Å². The molecule has 2 heterocycles. The summed E-state index contributed by atoms with van der Waals surface area (Å²) in [5.41, 5.74) is 6.39. The van der Waals surface area contributed by atoms with E-state index in [1.807, 2.05) is 20.8 Å². The molecule has 2 rings (SSSR count). The fourth-order valence-electron chi connectivity index (χ4n) is 2.48. The number of hydrogen-bond donors (Lipinski definition) is 1. The van der Waals surface area contributed by atoms with E-state index >= 15 is 0 Å². The van der Waals surface area contributed by atoms with E-state index in [4.69, 9.17) is 5.73 Å². The molecule has 0 atom stereocenters. The van der Waals surface area contributed by atoms with Crippen LogP contribution in [0.1, 0.15) is 46.1 Å². The highest BCUT2D eigenvalue weighted by atomic mass is 15.4.